The van der Waals surface area contributed by atoms with Gasteiger partial charge >= 0.3 is 5.97 Å². The normalized spacial score (nSPS) is 13.2. The van der Waals surface area contributed by atoms with Gasteiger partial charge in [-0.05, 0) is 39.9 Å². The van der Waals surface area contributed by atoms with Crippen LogP contribution in [0.4, 0.5) is 0 Å². The monoisotopic (exact) mass is 358 g/mol. The molecule has 0 aromatic heterocycles. The van der Waals surface area contributed by atoms with Crippen LogP contribution in [-0.4, -0.2) is 17.7 Å². The molecule has 1 aromatic rings. The quantitative estimate of drug-likeness (QED) is 0.497. The largest absolute Gasteiger partial charge is 0.507 e. The van der Waals surface area contributed by atoms with Crippen molar-refractivity contribution in [1.29, 1.82) is 0 Å². The molecule has 0 radical (unpaired) electrons. The smallest absolute Gasteiger partial charge is 0.306 e. The first-order chi connectivity index (χ1) is 11.9. The molecule has 0 saturated heterocycles. The summed E-state index contributed by atoms with van der Waals surface area (Å²) in [6, 6.07) is 4.05. The van der Waals surface area contributed by atoms with Gasteiger partial charge in [-0.15, -0.1) is 6.58 Å². The van der Waals surface area contributed by atoms with Crippen molar-refractivity contribution in [3.05, 3.63) is 54.1 Å². The standard InChI is InChI=1S/C23H34O3/c1-9-11-16(15-20(24)26-12-10-2)17-13-18(22(3,4)5)21(25)19(14-17)23(6,7)8/h9-10,13-14,16,25H,1-2,11-12,15H2,3-8H3. The third-order valence-corrected chi connectivity index (χ3v) is 4.45. The van der Waals surface area contributed by atoms with Gasteiger partial charge in [-0.2, -0.15) is 0 Å². The second kappa shape index (κ2) is 8.57. The fourth-order valence-electron chi connectivity index (χ4n) is 2.99. The molecule has 0 aliphatic rings. The molecule has 0 heterocycles. The summed E-state index contributed by atoms with van der Waals surface area (Å²) in [5.41, 5.74) is 2.42. The molecule has 26 heavy (non-hydrogen) atoms. The summed E-state index contributed by atoms with van der Waals surface area (Å²) in [6.07, 6.45) is 4.33. The maximum atomic E-state index is 12.1. The summed E-state index contributed by atoms with van der Waals surface area (Å²) in [6.45, 7) is 20.1. The number of hydrogen-bond donors (Lipinski definition) is 1. The van der Waals surface area contributed by atoms with Crippen molar-refractivity contribution in [3.8, 4) is 5.75 Å². The molecule has 0 fully saturated rings. The van der Waals surface area contributed by atoms with Crippen LogP contribution in [0.2, 0.25) is 0 Å². The number of rotatable bonds is 7. The number of allylic oxidation sites excluding steroid dienone is 1. The van der Waals surface area contributed by atoms with Gasteiger partial charge in [0.1, 0.15) is 12.4 Å². The van der Waals surface area contributed by atoms with E-state index in [1.165, 1.54) is 0 Å². The Balaban J connectivity index is 3.44. The van der Waals surface area contributed by atoms with E-state index in [-0.39, 0.29) is 35.7 Å². The van der Waals surface area contributed by atoms with Crippen molar-refractivity contribution in [2.24, 2.45) is 0 Å². The SMILES string of the molecule is C=CCOC(=O)CC(CC=C)c1cc(C(C)(C)C)c(O)c(C(C)(C)C)c1. The summed E-state index contributed by atoms with van der Waals surface area (Å²) in [5.74, 6) is 0.0624. The molecule has 0 aliphatic heterocycles. The Bertz CT molecular complexity index is 622. The topological polar surface area (TPSA) is 46.5 Å². The van der Waals surface area contributed by atoms with Crippen LogP contribution < -0.4 is 0 Å². The highest BCUT2D eigenvalue weighted by Gasteiger charge is 2.28. The lowest BCUT2D eigenvalue weighted by Gasteiger charge is -2.29. The van der Waals surface area contributed by atoms with Gasteiger partial charge in [0.2, 0.25) is 0 Å². The van der Waals surface area contributed by atoms with Gasteiger partial charge in [-0.3, -0.25) is 4.79 Å². The van der Waals surface area contributed by atoms with Gasteiger partial charge in [0.15, 0.2) is 0 Å². The van der Waals surface area contributed by atoms with E-state index in [9.17, 15) is 9.90 Å². The third-order valence-electron chi connectivity index (χ3n) is 4.45. The Kier molecular flexibility index (Phi) is 7.25. The fourth-order valence-corrected chi connectivity index (χ4v) is 2.99. The number of hydrogen-bond acceptors (Lipinski definition) is 3. The lowest BCUT2D eigenvalue weighted by atomic mass is 9.76. The molecular weight excluding hydrogens is 324 g/mol. The maximum absolute atomic E-state index is 12.1. The van der Waals surface area contributed by atoms with Crippen molar-refractivity contribution in [2.45, 2.75) is 71.1 Å². The molecule has 0 spiro atoms. The summed E-state index contributed by atoms with van der Waals surface area (Å²) in [5, 5.41) is 10.9. The van der Waals surface area contributed by atoms with Gasteiger partial charge in [0.05, 0.1) is 6.42 Å². The summed E-state index contributed by atoms with van der Waals surface area (Å²) in [7, 11) is 0. The van der Waals surface area contributed by atoms with Crippen molar-refractivity contribution in [1.82, 2.24) is 0 Å². The number of phenolic OH excluding ortho intramolecular Hbond substituents is 1. The van der Waals surface area contributed by atoms with Crippen LogP contribution in [-0.2, 0) is 20.4 Å². The molecule has 0 aliphatic carbocycles. The number of ether oxygens (including phenoxy) is 1. The second-order valence-corrected chi connectivity index (χ2v) is 8.86. The van der Waals surface area contributed by atoms with Crippen LogP contribution in [0.5, 0.6) is 5.75 Å². The zero-order valence-electron chi connectivity index (χ0n) is 17.2. The number of carbonyl (C=O) groups excluding carboxylic acids is 1. The second-order valence-electron chi connectivity index (χ2n) is 8.86. The Labute approximate surface area is 158 Å². The Morgan fingerprint density at radius 1 is 1.08 bits per heavy atom. The first kappa shape index (κ1) is 22.0. The lowest BCUT2D eigenvalue weighted by Crippen LogP contribution is -2.19. The van der Waals surface area contributed by atoms with Gasteiger partial charge in [0, 0.05) is 0 Å². The van der Waals surface area contributed by atoms with Crippen molar-refractivity contribution in [2.75, 3.05) is 6.61 Å². The minimum Gasteiger partial charge on any atom is -0.507 e. The van der Waals surface area contributed by atoms with Crippen LogP contribution in [0.3, 0.4) is 0 Å². The zero-order valence-corrected chi connectivity index (χ0v) is 17.2. The average molecular weight is 359 g/mol. The van der Waals surface area contributed by atoms with Crippen molar-refractivity contribution in [3.63, 3.8) is 0 Å². The van der Waals surface area contributed by atoms with Gasteiger partial charge in [-0.25, -0.2) is 0 Å². The predicted molar refractivity (Wildman–Crippen MR) is 109 cm³/mol. The number of benzene rings is 1. The van der Waals surface area contributed by atoms with Crippen molar-refractivity contribution >= 4 is 5.97 Å². The Morgan fingerprint density at radius 3 is 1.96 bits per heavy atom. The number of esters is 1. The molecule has 1 atom stereocenters. The molecule has 1 unspecified atom stereocenters. The van der Waals surface area contributed by atoms with E-state index in [1.54, 1.807) is 6.08 Å². The molecule has 3 heteroatoms. The highest BCUT2D eigenvalue weighted by Crippen LogP contribution is 2.42. The first-order valence-electron chi connectivity index (χ1n) is 9.17. The predicted octanol–water partition coefficient (Wildman–Crippen LogP) is 5.77. The van der Waals surface area contributed by atoms with E-state index in [2.05, 4.69) is 54.7 Å². The van der Waals surface area contributed by atoms with Crippen LogP contribution in [0.25, 0.3) is 0 Å². The minimum absolute atomic E-state index is 0.0346. The van der Waals surface area contributed by atoms with E-state index in [1.807, 2.05) is 18.2 Å². The van der Waals surface area contributed by atoms with Crippen molar-refractivity contribution < 1.29 is 14.6 Å². The van der Waals surface area contributed by atoms with Crippen LogP contribution in [0.1, 0.15) is 77.0 Å². The van der Waals surface area contributed by atoms with E-state index >= 15 is 0 Å². The van der Waals surface area contributed by atoms with E-state index in [0.29, 0.717) is 12.2 Å². The molecule has 0 bridgehead atoms. The lowest BCUT2D eigenvalue weighted by molar-refractivity contribution is -0.142. The third kappa shape index (κ3) is 5.76. The molecule has 0 amide bonds. The maximum Gasteiger partial charge on any atom is 0.306 e. The minimum atomic E-state index is -0.251. The summed E-state index contributed by atoms with van der Waals surface area (Å²) in [4.78, 5) is 12.1. The first-order valence-corrected chi connectivity index (χ1v) is 9.17. The van der Waals surface area contributed by atoms with Crippen LogP contribution in [0, 0.1) is 0 Å². The van der Waals surface area contributed by atoms with E-state index in [0.717, 1.165) is 16.7 Å². The average Bonchev–Trinajstić information content (AvgIpc) is 2.50. The molecule has 1 aromatic carbocycles. The number of phenols is 1. The molecule has 3 nitrogen and oxygen atoms in total. The molecule has 144 valence electrons. The van der Waals surface area contributed by atoms with E-state index in [4.69, 9.17) is 4.74 Å². The Hall–Kier alpha value is -2.03. The number of carbonyl (C=O) groups is 1. The molecule has 1 rings (SSSR count). The van der Waals surface area contributed by atoms with Gasteiger partial charge in [-0.1, -0.05) is 72.4 Å². The molecule has 1 N–H and O–H groups in total. The van der Waals surface area contributed by atoms with Crippen LogP contribution >= 0.6 is 0 Å². The van der Waals surface area contributed by atoms with E-state index < -0.39 is 0 Å². The zero-order chi connectivity index (χ0) is 20.1. The molecule has 0 saturated carbocycles. The highest BCUT2D eigenvalue weighted by molar-refractivity contribution is 5.71. The molecular formula is C23H34O3. The highest BCUT2D eigenvalue weighted by atomic mass is 16.5. The van der Waals surface area contributed by atoms with Gasteiger partial charge in [0.25, 0.3) is 0 Å². The Morgan fingerprint density at radius 2 is 1.58 bits per heavy atom. The summed E-state index contributed by atoms with van der Waals surface area (Å²) >= 11 is 0. The fraction of sp³-hybridized carbons (Fsp3) is 0.522. The number of aromatic hydroxyl groups is 1. The van der Waals surface area contributed by atoms with Crippen LogP contribution in [0.15, 0.2) is 37.4 Å². The van der Waals surface area contributed by atoms with Gasteiger partial charge < -0.3 is 9.84 Å². The summed E-state index contributed by atoms with van der Waals surface area (Å²) < 4.78 is 5.17.